The minimum absolute atomic E-state index is 0.000449. The van der Waals surface area contributed by atoms with Crippen molar-refractivity contribution >= 4 is 34.8 Å². The van der Waals surface area contributed by atoms with Crippen LogP contribution in [0.2, 0.25) is 5.02 Å². The molecule has 1 aromatic heterocycles. The highest BCUT2D eigenvalue weighted by Gasteiger charge is 2.19. The van der Waals surface area contributed by atoms with Crippen molar-refractivity contribution in [2.75, 3.05) is 20.0 Å². The monoisotopic (exact) mass is 462 g/mol. The van der Waals surface area contributed by atoms with Crippen LogP contribution in [0.5, 0.6) is 11.5 Å². The first-order valence-electron chi connectivity index (χ1n) is 9.14. The van der Waals surface area contributed by atoms with Crippen LogP contribution in [0.1, 0.15) is 17.3 Å². The highest BCUT2D eigenvalue weighted by Crippen LogP contribution is 2.31. The molecule has 2 aromatic carbocycles. The standard InChI is InChI=1S/C20H19ClN4O5S/c1-4-24-19(12-7-14(29-2)10-15(8-12)30-3)22-23-20(24)31-11-18(26)16-9-13(25(27)28)5-6-17(16)21/h5-10H,4,11H2,1-3H3. The van der Waals surface area contributed by atoms with Crippen molar-refractivity contribution in [1.82, 2.24) is 14.8 Å². The van der Waals surface area contributed by atoms with Crippen LogP contribution in [0.3, 0.4) is 0 Å². The number of thioether (sulfide) groups is 1. The zero-order valence-corrected chi connectivity index (χ0v) is 18.6. The van der Waals surface area contributed by atoms with E-state index in [2.05, 4.69) is 10.2 Å². The Labute approximate surface area is 187 Å². The second-order valence-electron chi connectivity index (χ2n) is 6.28. The number of carbonyl (C=O) groups excluding carboxylic acids is 1. The lowest BCUT2D eigenvalue weighted by molar-refractivity contribution is -0.384. The molecule has 0 bridgehead atoms. The van der Waals surface area contributed by atoms with Gasteiger partial charge in [0.2, 0.25) is 0 Å². The van der Waals surface area contributed by atoms with E-state index in [9.17, 15) is 14.9 Å². The average Bonchev–Trinajstić information content (AvgIpc) is 3.20. The van der Waals surface area contributed by atoms with Gasteiger partial charge in [0.1, 0.15) is 11.5 Å². The summed E-state index contributed by atoms with van der Waals surface area (Å²) in [5.41, 5.74) is 0.665. The summed E-state index contributed by atoms with van der Waals surface area (Å²) < 4.78 is 12.5. The third-order valence-corrected chi connectivity index (χ3v) is 5.73. The van der Waals surface area contributed by atoms with Crippen molar-refractivity contribution in [1.29, 1.82) is 0 Å². The molecule has 0 aliphatic heterocycles. The molecule has 162 valence electrons. The summed E-state index contributed by atoms with van der Waals surface area (Å²) >= 11 is 7.25. The van der Waals surface area contributed by atoms with Gasteiger partial charge in [0.05, 0.1) is 29.9 Å². The summed E-state index contributed by atoms with van der Waals surface area (Å²) in [6, 6.07) is 9.19. The van der Waals surface area contributed by atoms with Gasteiger partial charge in [-0.05, 0) is 25.1 Å². The Morgan fingerprint density at radius 3 is 2.42 bits per heavy atom. The lowest BCUT2D eigenvalue weighted by Crippen LogP contribution is -2.06. The van der Waals surface area contributed by atoms with E-state index in [1.165, 1.54) is 30.0 Å². The lowest BCUT2D eigenvalue weighted by Gasteiger charge is -2.10. The summed E-state index contributed by atoms with van der Waals surface area (Å²) in [5.74, 6) is 1.49. The summed E-state index contributed by atoms with van der Waals surface area (Å²) in [6.07, 6.45) is 0. The van der Waals surface area contributed by atoms with Crippen molar-refractivity contribution in [2.24, 2.45) is 0 Å². The molecule has 9 nitrogen and oxygen atoms in total. The maximum absolute atomic E-state index is 12.6. The molecule has 0 N–H and O–H groups in total. The fourth-order valence-electron chi connectivity index (χ4n) is 2.88. The first-order valence-corrected chi connectivity index (χ1v) is 10.5. The van der Waals surface area contributed by atoms with Crippen molar-refractivity contribution in [3.8, 4) is 22.9 Å². The normalized spacial score (nSPS) is 10.7. The van der Waals surface area contributed by atoms with E-state index in [0.717, 1.165) is 5.56 Å². The SMILES string of the molecule is CCn1c(SCC(=O)c2cc([N+](=O)[O-])ccc2Cl)nnc1-c1cc(OC)cc(OC)c1. The van der Waals surface area contributed by atoms with Gasteiger partial charge in [-0.15, -0.1) is 10.2 Å². The average molecular weight is 463 g/mol. The number of rotatable bonds is 9. The van der Waals surface area contributed by atoms with Gasteiger partial charge in [0.15, 0.2) is 16.8 Å². The quantitative estimate of drug-likeness (QED) is 0.197. The first-order chi connectivity index (χ1) is 14.9. The van der Waals surface area contributed by atoms with Crippen LogP contribution in [-0.4, -0.2) is 45.4 Å². The Balaban J connectivity index is 1.85. The zero-order chi connectivity index (χ0) is 22.5. The van der Waals surface area contributed by atoms with E-state index in [-0.39, 0.29) is 27.8 Å². The third-order valence-electron chi connectivity index (χ3n) is 4.44. The van der Waals surface area contributed by atoms with E-state index in [4.69, 9.17) is 21.1 Å². The van der Waals surface area contributed by atoms with E-state index in [1.54, 1.807) is 20.3 Å². The van der Waals surface area contributed by atoms with Crippen molar-refractivity contribution in [2.45, 2.75) is 18.6 Å². The number of nitro groups is 1. The van der Waals surface area contributed by atoms with Gasteiger partial charge in [-0.1, -0.05) is 23.4 Å². The molecule has 0 saturated carbocycles. The Bertz CT molecular complexity index is 1110. The van der Waals surface area contributed by atoms with Crippen molar-refractivity contribution < 1.29 is 19.2 Å². The van der Waals surface area contributed by atoms with E-state index in [1.807, 2.05) is 23.6 Å². The minimum atomic E-state index is -0.567. The number of benzene rings is 2. The molecule has 0 fully saturated rings. The van der Waals surface area contributed by atoms with Crippen LogP contribution in [0.4, 0.5) is 5.69 Å². The molecular weight excluding hydrogens is 444 g/mol. The van der Waals surface area contributed by atoms with E-state index < -0.39 is 4.92 Å². The molecule has 0 spiro atoms. The number of halogens is 1. The van der Waals surface area contributed by atoms with Crippen molar-refractivity contribution in [3.63, 3.8) is 0 Å². The number of non-ortho nitro benzene ring substituents is 1. The number of ketones is 1. The number of nitro benzene ring substituents is 1. The fourth-order valence-corrected chi connectivity index (χ4v) is 3.99. The predicted molar refractivity (Wildman–Crippen MR) is 117 cm³/mol. The number of nitrogens with zero attached hydrogens (tertiary/aromatic N) is 4. The summed E-state index contributed by atoms with van der Waals surface area (Å²) in [5, 5.41) is 20.2. The van der Waals surface area contributed by atoms with Gasteiger partial charge in [-0.25, -0.2) is 0 Å². The van der Waals surface area contributed by atoms with Crippen LogP contribution in [-0.2, 0) is 6.54 Å². The van der Waals surface area contributed by atoms with Crippen LogP contribution in [0.15, 0.2) is 41.6 Å². The molecule has 0 atom stereocenters. The molecule has 0 aliphatic rings. The fraction of sp³-hybridized carbons (Fsp3) is 0.250. The first kappa shape index (κ1) is 22.6. The molecule has 3 aromatic rings. The van der Waals surface area contributed by atoms with Gasteiger partial charge in [-0.2, -0.15) is 0 Å². The van der Waals surface area contributed by atoms with Gasteiger partial charge < -0.3 is 14.0 Å². The van der Waals surface area contributed by atoms with Crippen LogP contribution < -0.4 is 9.47 Å². The largest absolute Gasteiger partial charge is 0.497 e. The minimum Gasteiger partial charge on any atom is -0.497 e. The summed E-state index contributed by atoms with van der Waals surface area (Å²) in [7, 11) is 3.13. The highest BCUT2D eigenvalue weighted by molar-refractivity contribution is 7.99. The number of methoxy groups -OCH3 is 2. The molecule has 0 aliphatic carbocycles. The Kier molecular flexibility index (Phi) is 7.13. The molecule has 3 rings (SSSR count). The molecular formula is C20H19ClN4O5S. The van der Waals surface area contributed by atoms with E-state index >= 15 is 0 Å². The maximum Gasteiger partial charge on any atom is 0.270 e. The molecule has 0 amide bonds. The number of hydrogen-bond donors (Lipinski definition) is 0. The Morgan fingerprint density at radius 2 is 1.84 bits per heavy atom. The second-order valence-corrected chi connectivity index (χ2v) is 7.63. The number of ether oxygens (including phenoxy) is 2. The van der Waals surface area contributed by atoms with Crippen molar-refractivity contribution in [3.05, 3.63) is 57.1 Å². The smallest absolute Gasteiger partial charge is 0.270 e. The van der Waals surface area contributed by atoms with Crippen LogP contribution >= 0.6 is 23.4 Å². The summed E-state index contributed by atoms with van der Waals surface area (Å²) in [4.78, 5) is 23.1. The van der Waals surface area contributed by atoms with E-state index in [0.29, 0.717) is 29.0 Å². The maximum atomic E-state index is 12.6. The van der Waals surface area contributed by atoms with Gasteiger partial charge >= 0.3 is 0 Å². The topological polar surface area (TPSA) is 109 Å². The molecule has 11 heteroatoms. The zero-order valence-electron chi connectivity index (χ0n) is 17.0. The summed E-state index contributed by atoms with van der Waals surface area (Å²) in [6.45, 7) is 2.50. The molecule has 0 unspecified atom stereocenters. The van der Waals surface area contributed by atoms with Crippen LogP contribution in [0.25, 0.3) is 11.4 Å². The Hall–Kier alpha value is -3.11. The second kappa shape index (κ2) is 9.80. The number of aromatic nitrogens is 3. The van der Waals surface area contributed by atoms with Gasteiger partial charge in [0, 0.05) is 35.9 Å². The number of Topliss-reactive ketones (excluding diaryl/α,β-unsaturated/α-hetero) is 1. The molecule has 0 saturated heterocycles. The molecule has 1 heterocycles. The van der Waals surface area contributed by atoms with Gasteiger partial charge in [-0.3, -0.25) is 14.9 Å². The third kappa shape index (κ3) is 4.97. The molecule has 31 heavy (non-hydrogen) atoms. The molecule has 0 radical (unpaired) electrons. The number of hydrogen-bond acceptors (Lipinski definition) is 8. The highest BCUT2D eigenvalue weighted by atomic mass is 35.5. The van der Waals surface area contributed by atoms with Crippen LogP contribution in [0, 0.1) is 10.1 Å². The predicted octanol–water partition coefficient (Wildman–Crippen LogP) is 4.52. The number of carbonyl (C=O) groups is 1. The Morgan fingerprint density at radius 1 is 1.16 bits per heavy atom. The van der Waals surface area contributed by atoms with Gasteiger partial charge in [0.25, 0.3) is 5.69 Å². The lowest BCUT2D eigenvalue weighted by atomic mass is 10.1.